The molecule has 0 spiro atoms. The Kier molecular flexibility index (Phi) is 6.12. The molecule has 5 heteroatoms. The lowest BCUT2D eigenvalue weighted by Crippen LogP contribution is -2.58. The molecule has 4 aromatic heterocycles. The summed E-state index contributed by atoms with van der Waals surface area (Å²) in [5.74, 6) is 1.84. The van der Waals surface area contributed by atoms with Gasteiger partial charge in [0.25, 0.3) is 6.71 Å². The van der Waals surface area contributed by atoms with Gasteiger partial charge in [0.05, 0.1) is 38.8 Å². The highest BCUT2D eigenvalue weighted by Crippen LogP contribution is 2.45. The molecule has 0 unspecified atom stereocenters. The molecule has 0 saturated carbocycles. The topological polar surface area (TPSA) is 23.5 Å². The molecule has 0 bridgehead atoms. The zero-order valence-electron chi connectivity index (χ0n) is 35.2. The van der Waals surface area contributed by atoms with E-state index in [1.807, 2.05) is 0 Å². The van der Waals surface area contributed by atoms with Gasteiger partial charge in [0.15, 0.2) is 0 Å². The number of hydrogen-bond donors (Lipinski definition) is 0. The summed E-state index contributed by atoms with van der Waals surface area (Å²) in [6, 6.07) is 55.2. The first-order valence-corrected chi connectivity index (χ1v) is 21.7. The fraction of sp³-hybridized carbons (Fsp3) is 0.143. The number of aromatic nitrogens is 3. The van der Waals surface area contributed by atoms with Crippen molar-refractivity contribution >= 4 is 105 Å². The van der Waals surface area contributed by atoms with Crippen LogP contribution in [0.15, 0.2) is 146 Å². The first-order valence-electron chi connectivity index (χ1n) is 21.7. The van der Waals surface area contributed by atoms with Crippen LogP contribution in [0.3, 0.4) is 0 Å². The first kappa shape index (κ1) is 33.8. The number of hydrogen-bond acceptors (Lipinski definition) is 1. The van der Waals surface area contributed by atoms with Crippen LogP contribution < -0.4 is 21.1 Å². The van der Waals surface area contributed by atoms with Gasteiger partial charge in [0.1, 0.15) is 11.5 Å². The van der Waals surface area contributed by atoms with Crippen molar-refractivity contribution in [2.75, 3.05) is 0 Å². The Labute approximate surface area is 353 Å². The van der Waals surface area contributed by atoms with Gasteiger partial charge in [-0.1, -0.05) is 126 Å². The van der Waals surface area contributed by atoms with Crippen LogP contribution >= 0.6 is 0 Å². The number of para-hydroxylation sites is 4. The second-order valence-corrected chi connectivity index (χ2v) is 19.8. The summed E-state index contributed by atoms with van der Waals surface area (Å²) in [7, 11) is 0. The maximum absolute atomic E-state index is 7.08. The summed E-state index contributed by atoms with van der Waals surface area (Å²) < 4.78 is 14.6. The van der Waals surface area contributed by atoms with Gasteiger partial charge in [0.2, 0.25) is 0 Å². The first-order chi connectivity index (χ1) is 29.5. The molecule has 14 rings (SSSR count). The van der Waals surface area contributed by atoms with Crippen molar-refractivity contribution in [3.63, 3.8) is 0 Å². The van der Waals surface area contributed by atoms with Crippen molar-refractivity contribution in [1.82, 2.24) is 13.5 Å². The summed E-state index contributed by atoms with van der Waals surface area (Å²) in [4.78, 5) is 0. The van der Waals surface area contributed by atoms with Gasteiger partial charge in [-0.3, -0.25) is 0 Å². The summed E-state index contributed by atoms with van der Waals surface area (Å²) >= 11 is 0. The van der Waals surface area contributed by atoms with Crippen molar-refractivity contribution < 1.29 is 4.74 Å². The van der Waals surface area contributed by atoms with Crippen LogP contribution in [-0.4, -0.2) is 20.2 Å². The molecule has 0 amide bonds. The predicted molar refractivity (Wildman–Crippen MR) is 258 cm³/mol. The summed E-state index contributed by atoms with van der Waals surface area (Å²) in [6.45, 7) is 13.9. The van der Waals surface area contributed by atoms with Crippen LogP contribution in [0.25, 0.3) is 93.1 Å². The molecule has 12 aromatic rings. The quantitative estimate of drug-likeness (QED) is 0.152. The van der Waals surface area contributed by atoms with E-state index in [4.69, 9.17) is 4.74 Å². The Morgan fingerprint density at radius 2 is 1.00 bits per heavy atom. The zero-order chi connectivity index (χ0) is 40.8. The maximum atomic E-state index is 7.08. The number of fused-ring (bicyclic) bond motifs is 16. The third-order valence-electron chi connectivity index (χ3n) is 14.3. The highest BCUT2D eigenvalue weighted by Gasteiger charge is 2.41. The predicted octanol–water partition coefficient (Wildman–Crippen LogP) is 12.6. The van der Waals surface area contributed by atoms with E-state index in [9.17, 15) is 0 Å². The molecule has 2 aliphatic heterocycles. The highest BCUT2D eigenvalue weighted by atomic mass is 16.5. The molecule has 0 aliphatic carbocycles. The summed E-state index contributed by atoms with van der Waals surface area (Å²) in [5, 5.41) is 10.3. The third kappa shape index (κ3) is 4.21. The van der Waals surface area contributed by atoms with Crippen molar-refractivity contribution in [3.05, 3.63) is 157 Å². The molecule has 2 aliphatic rings. The van der Waals surface area contributed by atoms with E-state index < -0.39 is 0 Å². The van der Waals surface area contributed by atoms with Crippen LogP contribution in [0.4, 0.5) is 0 Å². The molecule has 0 saturated heterocycles. The van der Waals surface area contributed by atoms with Crippen LogP contribution in [0, 0.1) is 0 Å². The van der Waals surface area contributed by atoms with Gasteiger partial charge in [0, 0.05) is 60.4 Å². The van der Waals surface area contributed by atoms with Crippen molar-refractivity contribution in [1.29, 1.82) is 0 Å². The van der Waals surface area contributed by atoms with E-state index in [1.165, 1.54) is 115 Å². The van der Waals surface area contributed by atoms with E-state index in [-0.39, 0.29) is 17.5 Å². The lowest BCUT2D eigenvalue weighted by Gasteiger charge is -2.33. The number of benzene rings is 8. The van der Waals surface area contributed by atoms with E-state index in [2.05, 4.69) is 201 Å². The van der Waals surface area contributed by atoms with Crippen LogP contribution in [0.1, 0.15) is 52.7 Å². The summed E-state index contributed by atoms with van der Waals surface area (Å²) in [6.07, 6.45) is 0. The number of rotatable bonds is 1. The second-order valence-electron chi connectivity index (χ2n) is 19.8. The van der Waals surface area contributed by atoms with E-state index >= 15 is 0 Å². The minimum absolute atomic E-state index is 0.0188. The van der Waals surface area contributed by atoms with Crippen LogP contribution in [0.5, 0.6) is 11.5 Å². The molecular formula is C56H42BN3O. The second kappa shape index (κ2) is 11.0. The largest absolute Gasteiger partial charge is 0.458 e. The van der Waals surface area contributed by atoms with Gasteiger partial charge < -0.3 is 18.3 Å². The van der Waals surface area contributed by atoms with Crippen molar-refractivity contribution in [2.45, 2.75) is 52.4 Å². The number of ether oxygens (including phenoxy) is 1. The molecule has 0 atom stereocenters. The molecule has 0 fully saturated rings. The normalized spacial score (nSPS) is 13.8. The molecule has 290 valence electrons. The van der Waals surface area contributed by atoms with Gasteiger partial charge in [-0.2, -0.15) is 0 Å². The minimum atomic E-state index is 0.0188. The van der Waals surface area contributed by atoms with Gasteiger partial charge >= 0.3 is 0 Å². The lowest BCUT2D eigenvalue weighted by atomic mass is 9.34. The highest BCUT2D eigenvalue weighted by molar-refractivity contribution is 6.99. The average molecular weight is 784 g/mol. The fourth-order valence-electron chi connectivity index (χ4n) is 11.4. The average Bonchev–Trinajstić information content (AvgIpc) is 3.98. The lowest BCUT2D eigenvalue weighted by molar-refractivity contribution is 0.487. The zero-order valence-corrected chi connectivity index (χ0v) is 35.2. The monoisotopic (exact) mass is 783 g/mol. The molecule has 4 nitrogen and oxygen atoms in total. The molecule has 0 N–H and O–H groups in total. The Hall–Kier alpha value is -6.98. The molecule has 61 heavy (non-hydrogen) atoms. The molecule has 6 heterocycles. The molecular weight excluding hydrogens is 741 g/mol. The molecule has 0 radical (unpaired) electrons. The van der Waals surface area contributed by atoms with Gasteiger partial charge in [-0.05, 0) is 92.9 Å². The van der Waals surface area contributed by atoms with E-state index in [1.54, 1.807) is 0 Å². The molecule has 8 aromatic carbocycles. The van der Waals surface area contributed by atoms with E-state index in [0.717, 1.165) is 17.2 Å². The fourth-order valence-corrected chi connectivity index (χ4v) is 11.4. The standard InChI is InChI=1S/C56H42BN3O/c1-55(2,3)31-21-23-45-38(25-31)39-26-32(56(4,5)6)22-24-46(39)58(45)33-27-49-52-51(28-33)61-50-20-10-8-17-42(50)57(52)43-18-12-16-37-41-29-40-36-15-11-14-35-34-13-7-9-19-44(34)59(53(35)36)47(40)30-48(41)60(49)54(37)43/h7-30H,1-6H3. The Morgan fingerprint density at radius 1 is 0.410 bits per heavy atom. The van der Waals surface area contributed by atoms with E-state index in [0.29, 0.717) is 0 Å². The van der Waals surface area contributed by atoms with Crippen LogP contribution in [-0.2, 0) is 10.8 Å². The SMILES string of the molecule is CC(C)(C)c1ccc2c(c1)c1cc(C(C)(C)C)ccc1n2-c1cc2c3c(c1)-n1c4cc5c(cc4c4cccc(c41)B3c1ccccc1O2)c1cccc2c3ccccc3n5c21. The Morgan fingerprint density at radius 3 is 1.74 bits per heavy atom. The minimum Gasteiger partial charge on any atom is -0.458 e. The Balaban J connectivity index is 1.13. The maximum Gasteiger partial charge on any atom is 0.256 e. The van der Waals surface area contributed by atoms with Crippen molar-refractivity contribution in [3.8, 4) is 22.9 Å². The van der Waals surface area contributed by atoms with Crippen LogP contribution in [0.2, 0.25) is 0 Å². The smallest absolute Gasteiger partial charge is 0.256 e. The van der Waals surface area contributed by atoms with Gasteiger partial charge in [-0.25, -0.2) is 0 Å². The van der Waals surface area contributed by atoms with Crippen molar-refractivity contribution in [2.24, 2.45) is 0 Å². The van der Waals surface area contributed by atoms with Gasteiger partial charge in [-0.15, -0.1) is 0 Å². The number of nitrogens with zero attached hydrogens (tertiary/aromatic N) is 3. The third-order valence-corrected chi connectivity index (χ3v) is 14.3. The summed E-state index contributed by atoms with van der Waals surface area (Å²) in [5.41, 5.74) is 17.4. The Bertz CT molecular complexity index is 3870.